The van der Waals surface area contributed by atoms with Crippen LogP contribution in [0.25, 0.3) is 0 Å². The van der Waals surface area contributed by atoms with Crippen LogP contribution in [-0.4, -0.2) is 33.8 Å². The van der Waals surface area contributed by atoms with Crippen LogP contribution in [0.2, 0.25) is 0 Å². The molecule has 4 fully saturated rings. The second-order valence-electron chi connectivity index (χ2n) is 15.6. The summed E-state index contributed by atoms with van der Waals surface area (Å²) in [5, 5.41) is 11.0. The van der Waals surface area contributed by atoms with Gasteiger partial charge in [-0.15, -0.1) is 0 Å². The van der Waals surface area contributed by atoms with E-state index in [0.717, 1.165) is 73.4 Å². The fourth-order valence-electron chi connectivity index (χ4n) is 10.2. The number of allylic oxidation sites excluding steroid dienone is 1. The standard InChI is InChI=1S/C35H58O3S2/c1-24(9-8-19-33(2,3)37)29-14-15-30-28-13-12-25-23-26(16-20-34(25,4)31(28)17-21-35(29,30)5)38-32(36)11-7-6-10-27-18-22-39-40-27/h12,24,26-31,37H,6-11,13-23H2,1-5H3/t24-,26+,27?,28+,29?,30?,31?,34+,35-/m1/s1. The van der Waals surface area contributed by atoms with E-state index in [0.29, 0.717) is 17.3 Å². The summed E-state index contributed by atoms with van der Waals surface area (Å²) in [6.07, 6.45) is 21.4. The van der Waals surface area contributed by atoms with E-state index < -0.39 is 5.60 Å². The maximum absolute atomic E-state index is 12.7. The number of carbonyl (C=O) groups excluding carboxylic acids is 1. The van der Waals surface area contributed by atoms with Crippen molar-refractivity contribution >= 4 is 27.6 Å². The van der Waals surface area contributed by atoms with Gasteiger partial charge in [-0.1, -0.05) is 73.3 Å². The molecule has 1 aliphatic heterocycles. The summed E-state index contributed by atoms with van der Waals surface area (Å²) in [6, 6.07) is 0. The van der Waals surface area contributed by atoms with Crippen LogP contribution in [0.15, 0.2) is 11.6 Å². The lowest BCUT2D eigenvalue weighted by molar-refractivity contribution is -0.151. The van der Waals surface area contributed by atoms with Gasteiger partial charge in [-0.05, 0) is 125 Å². The van der Waals surface area contributed by atoms with Gasteiger partial charge in [0.2, 0.25) is 0 Å². The van der Waals surface area contributed by atoms with Crippen molar-refractivity contribution in [2.24, 2.45) is 40.4 Å². The van der Waals surface area contributed by atoms with Crippen LogP contribution in [-0.2, 0) is 9.53 Å². The summed E-state index contributed by atoms with van der Waals surface area (Å²) in [7, 11) is 4.05. The fraction of sp³-hybridized carbons (Fsp3) is 0.914. The van der Waals surface area contributed by atoms with Crippen molar-refractivity contribution in [1.82, 2.24) is 0 Å². The Balaban J connectivity index is 1.13. The highest BCUT2D eigenvalue weighted by Crippen LogP contribution is 2.67. The predicted molar refractivity (Wildman–Crippen MR) is 171 cm³/mol. The third-order valence-electron chi connectivity index (χ3n) is 12.4. The lowest BCUT2D eigenvalue weighted by atomic mass is 9.47. The predicted octanol–water partition coefficient (Wildman–Crippen LogP) is 9.77. The molecule has 5 heteroatoms. The van der Waals surface area contributed by atoms with Crippen LogP contribution in [0.4, 0.5) is 0 Å². The summed E-state index contributed by atoms with van der Waals surface area (Å²) >= 11 is 0. The summed E-state index contributed by atoms with van der Waals surface area (Å²) in [5.74, 6) is 5.42. The normalized spacial score (nSPS) is 40.1. The summed E-state index contributed by atoms with van der Waals surface area (Å²) in [5.41, 5.74) is 1.87. The molecule has 3 saturated carbocycles. The van der Waals surface area contributed by atoms with Crippen LogP contribution in [0.3, 0.4) is 0 Å². The topological polar surface area (TPSA) is 46.5 Å². The molecule has 228 valence electrons. The van der Waals surface area contributed by atoms with E-state index in [1.54, 1.807) is 5.57 Å². The molecule has 4 unspecified atom stereocenters. The molecule has 0 radical (unpaired) electrons. The lowest BCUT2D eigenvalue weighted by Crippen LogP contribution is -2.51. The molecule has 3 nitrogen and oxygen atoms in total. The summed E-state index contributed by atoms with van der Waals surface area (Å²) < 4.78 is 6.07. The van der Waals surface area contributed by atoms with Gasteiger partial charge in [0.05, 0.1) is 5.60 Å². The van der Waals surface area contributed by atoms with E-state index in [2.05, 4.69) is 26.8 Å². The number of rotatable bonds is 11. The first-order chi connectivity index (χ1) is 19.0. The van der Waals surface area contributed by atoms with Gasteiger partial charge in [-0.3, -0.25) is 4.79 Å². The van der Waals surface area contributed by atoms with Crippen molar-refractivity contribution < 1.29 is 14.6 Å². The molecular formula is C35H58O3S2. The molecule has 1 N–H and O–H groups in total. The average molecular weight is 591 g/mol. The third kappa shape index (κ3) is 6.82. The van der Waals surface area contributed by atoms with E-state index in [1.807, 2.05) is 35.4 Å². The van der Waals surface area contributed by atoms with Gasteiger partial charge < -0.3 is 9.84 Å². The van der Waals surface area contributed by atoms with Crippen LogP contribution in [0.5, 0.6) is 0 Å². The Labute approximate surface area is 253 Å². The van der Waals surface area contributed by atoms with Crippen LogP contribution in [0.1, 0.15) is 137 Å². The zero-order valence-electron chi connectivity index (χ0n) is 26.2. The van der Waals surface area contributed by atoms with E-state index in [9.17, 15) is 9.90 Å². The molecule has 9 atom stereocenters. The highest BCUT2D eigenvalue weighted by atomic mass is 33.1. The lowest BCUT2D eigenvalue weighted by Gasteiger charge is -2.58. The van der Waals surface area contributed by atoms with Crippen molar-refractivity contribution in [3.63, 3.8) is 0 Å². The molecule has 0 aromatic rings. The van der Waals surface area contributed by atoms with Gasteiger partial charge in [0.15, 0.2) is 0 Å². The molecule has 40 heavy (non-hydrogen) atoms. The Kier molecular flexibility index (Phi) is 10.1. The molecule has 1 heterocycles. The van der Waals surface area contributed by atoms with E-state index >= 15 is 0 Å². The molecule has 0 aromatic carbocycles. The first-order valence-electron chi connectivity index (χ1n) is 16.9. The maximum Gasteiger partial charge on any atom is 0.306 e. The molecule has 0 amide bonds. The minimum atomic E-state index is -0.536. The second kappa shape index (κ2) is 12.8. The number of esters is 1. The van der Waals surface area contributed by atoms with Gasteiger partial charge in [0, 0.05) is 23.8 Å². The van der Waals surface area contributed by atoms with E-state index in [-0.39, 0.29) is 12.1 Å². The highest BCUT2D eigenvalue weighted by molar-refractivity contribution is 8.77. The molecule has 0 bridgehead atoms. The Morgan fingerprint density at radius 3 is 2.67 bits per heavy atom. The Hall–Kier alpha value is -0.130. The van der Waals surface area contributed by atoms with Crippen molar-refractivity contribution in [3.8, 4) is 0 Å². The minimum Gasteiger partial charge on any atom is -0.462 e. The largest absolute Gasteiger partial charge is 0.462 e. The van der Waals surface area contributed by atoms with Crippen LogP contribution >= 0.6 is 21.6 Å². The third-order valence-corrected chi connectivity index (χ3v) is 15.5. The number of hydrogen-bond donors (Lipinski definition) is 1. The van der Waals surface area contributed by atoms with Crippen molar-refractivity contribution in [3.05, 3.63) is 11.6 Å². The van der Waals surface area contributed by atoms with Gasteiger partial charge >= 0.3 is 5.97 Å². The minimum absolute atomic E-state index is 0.0402. The number of carbonyl (C=O) groups is 1. The van der Waals surface area contributed by atoms with E-state index in [4.69, 9.17) is 4.74 Å². The average Bonchev–Trinajstić information content (AvgIpc) is 3.53. The molecule has 5 rings (SSSR count). The number of aliphatic hydroxyl groups is 1. The highest BCUT2D eigenvalue weighted by Gasteiger charge is 2.59. The maximum atomic E-state index is 12.7. The van der Waals surface area contributed by atoms with Crippen molar-refractivity contribution in [2.75, 3.05) is 5.75 Å². The van der Waals surface area contributed by atoms with Gasteiger partial charge in [0.1, 0.15) is 6.10 Å². The number of ether oxygens (including phenoxy) is 1. The Bertz CT molecular complexity index is 905. The zero-order chi connectivity index (χ0) is 28.5. The number of unbranched alkanes of at least 4 members (excludes halogenated alkanes) is 1. The SMILES string of the molecule is C[C@H](CCCC(C)(C)O)C1CCC2[C@@H]3CC=C4C[C@@H](OC(=O)CCCCC5CCSS5)CC[C@]4(C)C3CC[C@@]21C. The monoisotopic (exact) mass is 590 g/mol. The van der Waals surface area contributed by atoms with Crippen LogP contribution < -0.4 is 0 Å². The number of hydrogen-bond acceptors (Lipinski definition) is 5. The molecule has 4 aliphatic carbocycles. The summed E-state index contributed by atoms with van der Waals surface area (Å²) in [4.78, 5) is 12.7. The molecule has 0 spiro atoms. The summed E-state index contributed by atoms with van der Waals surface area (Å²) in [6.45, 7) is 11.6. The van der Waals surface area contributed by atoms with Crippen LogP contribution in [0, 0.1) is 40.4 Å². The van der Waals surface area contributed by atoms with Gasteiger partial charge in [-0.2, -0.15) is 0 Å². The second-order valence-corrected chi connectivity index (χ2v) is 18.4. The fourth-order valence-corrected chi connectivity index (χ4v) is 13.2. The smallest absolute Gasteiger partial charge is 0.306 e. The first-order valence-corrected chi connectivity index (χ1v) is 19.3. The van der Waals surface area contributed by atoms with E-state index in [1.165, 1.54) is 63.5 Å². The molecule has 0 aromatic heterocycles. The van der Waals surface area contributed by atoms with Crippen molar-refractivity contribution in [1.29, 1.82) is 0 Å². The molecule has 1 saturated heterocycles. The van der Waals surface area contributed by atoms with Gasteiger partial charge in [-0.25, -0.2) is 0 Å². The van der Waals surface area contributed by atoms with Crippen molar-refractivity contribution in [2.45, 2.75) is 154 Å². The Morgan fingerprint density at radius 1 is 1.10 bits per heavy atom. The first kappa shape index (κ1) is 31.3. The van der Waals surface area contributed by atoms with Gasteiger partial charge in [0.25, 0.3) is 0 Å². The molecular weight excluding hydrogens is 533 g/mol. The zero-order valence-corrected chi connectivity index (χ0v) is 27.9. The quantitative estimate of drug-likeness (QED) is 0.112. The number of fused-ring (bicyclic) bond motifs is 5. The molecule has 5 aliphatic rings. The Morgan fingerprint density at radius 2 is 1.93 bits per heavy atom.